The van der Waals surface area contributed by atoms with Gasteiger partial charge in [-0.3, -0.25) is 19.7 Å². The highest BCUT2D eigenvalue weighted by Crippen LogP contribution is 2.34. The van der Waals surface area contributed by atoms with Crippen LogP contribution in [0.1, 0.15) is 61.1 Å². The van der Waals surface area contributed by atoms with Crippen molar-refractivity contribution in [3.63, 3.8) is 0 Å². The SMILES string of the molecule is COCCC(Cc1cc(S(=O)(=O)N2CCC(Nc3ncc(OC(F)F)cn3)CC2)ccc1C#N)CN1CCC(c2ccc3c(N4CCC(=O)NC4=O)nn(C)c3c2)CC1. The average Bonchev–Trinajstić information content (AvgIpc) is 3.55. The molecule has 0 radical (unpaired) electrons. The molecule has 0 aliphatic carbocycles. The highest BCUT2D eigenvalue weighted by molar-refractivity contribution is 7.89. The molecule has 4 aromatic rings. The number of ether oxygens (including phenoxy) is 2. The monoisotopic (exact) mass is 834 g/mol. The van der Waals surface area contributed by atoms with Gasteiger partial charge in [0.15, 0.2) is 11.6 Å². The number of methoxy groups -OCH3 is 1. The number of amides is 3. The summed E-state index contributed by atoms with van der Waals surface area (Å²) in [7, 11) is -0.339. The number of fused-ring (bicyclic) bond motifs is 1. The van der Waals surface area contributed by atoms with Crippen LogP contribution in [0.15, 0.2) is 53.7 Å². The second-order valence-electron chi connectivity index (χ2n) is 15.3. The molecule has 2 aromatic carbocycles. The van der Waals surface area contributed by atoms with Gasteiger partial charge in [0, 0.05) is 64.8 Å². The number of nitrogens with one attached hydrogen (secondary N) is 2. The van der Waals surface area contributed by atoms with Crippen LogP contribution in [0.25, 0.3) is 10.9 Å². The zero-order chi connectivity index (χ0) is 41.7. The Kier molecular flexibility index (Phi) is 13.0. The number of likely N-dealkylation sites (tertiary alicyclic amines) is 1. The standard InChI is InChI=1S/C40H48F2N10O6S/c1-49-35-21-28(4-6-34(35)37(48-49)52-17-11-36(53)47-40(52)54)27-7-13-50(14-8-27)25-26(12-18-57-2)19-30-20-33(5-3-29(30)22-43)59(55,56)51-15-9-31(10-16-51)46-39-44-23-32(24-45-39)58-38(41)42/h3-6,20-21,23-24,26-27,31,38H,7-19,25H2,1-2H3,(H,44,45,46)(H,47,53,54). The van der Waals surface area contributed by atoms with Crippen molar-refractivity contribution in [2.75, 3.05) is 63.2 Å². The van der Waals surface area contributed by atoms with Crippen molar-refractivity contribution in [1.82, 2.24) is 34.3 Å². The van der Waals surface area contributed by atoms with Crippen molar-refractivity contribution in [2.45, 2.75) is 68.4 Å². The van der Waals surface area contributed by atoms with E-state index < -0.39 is 22.7 Å². The first-order chi connectivity index (χ1) is 28.4. The zero-order valence-electron chi connectivity index (χ0n) is 33.0. The van der Waals surface area contributed by atoms with Crippen LogP contribution in [-0.4, -0.2) is 115 Å². The van der Waals surface area contributed by atoms with Crippen LogP contribution < -0.4 is 20.3 Å². The molecule has 2 aromatic heterocycles. The number of piperidine rings is 2. The van der Waals surface area contributed by atoms with E-state index in [4.69, 9.17) is 4.74 Å². The number of hydrogen-bond acceptors (Lipinski definition) is 12. The van der Waals surface area contributed by atoms with Gasteiger partial charge in [-0.25, -0.2) is 23.2 Å². The maximum atomic E-state index is 13.9. The van der Waals surface area contributed by atoms with Crippen molar-refractivity contribution < 1.29 is 36.3 Å². The first-order valence-electron chi connectivity index (χ1n) is 19.8. The molecule has 2 N–H and O–H groups in total. The number of alkyl halides is 2. The lowest BCUT2D eigenvalue weighted by Gasteiger charge is -2.35. The van der Waals surface area contributed by atoms with Gasteiger partial charge >= 0.3 is 12.6 Å². The Hall–Kier alpha value is -5.29. The van der Waals surface area contributed by atoms with E-state index in [2.05, 4.69) is 53.5 Å². The van der Waals surface area contributed by atoms with Gasteiger partial charge in [0.25, 0.3) is 0 Å². The fourth-order valence-corrected chi connectivity index (χ4v) is 9.80. The molecular weight excluding hydrogens is 787 g/mol. The maximum absolute atomic E-state index is 13.9. The number of imide groups is 1. The number of carbonyl (C=O) groups is 2. The lowest BCUT2D eigenvalue weighted by molar-refractivity contribution is -0.120. The number of sulfonamides is 1. The smallest absolute Gasteiger partial charge is 0.387 e. The molecule has 1 unspecified atom stereocenters. The topological polar surface area (TPSA) is 188 Å². The third-order valence-corrected chi connectivity index (χ3v) is 13.3. The minimum Gasteiger partial charge on any atom is -0.432 e. The number of halogens is 2. The molecule has 59 heavy (non-hydrogen) atoms. The molecule has 0 saturated carbocycles. The second kappa shape index (κ2) is 18.3. The van der Waals surface area contributed by atoms with Crippen LogP contribution >= 0.6 is 0 Å². The summed E-state index contributed by atoms with van der Waals surface area (Å²) in [5.41, 5.74) is 3.27. The largest absolute Gasteiger partial charge is 0.432 e. The number of carbonyl (C=O) groups excluding carboxylic acids is 2. The second-order valence-corrected chi connectivity index (χ2v) is 17.2. The Bertz CT molecular complexity index is 2290. The number of nitrogens with zero attached hydrogens (tertiary/aromatic N) is 8. The van der Waals surface area contributed by atoms with Crippen LogP contribution in [-0.2, 0) is 33.0 Å². The molecule has 1 atom stereocenters. The summed E-state index contributed by atoms with van der Waals surface area (Å²) in [5.74, 6) is 0.788. The van der Waals surface area contributed by atoms with Gasteiger partial charge in [-0.05, 0) is 105 Å². The van der Waals surface area contributed by atoms with E-state index in [1.807, 2.05) is 13.1 Å². The fraction of sp³-hybridized carbons (Fsp3) is 0.500. The van der Waals surface area contributed by atoms with Crippen molar-refractivity contribution in [1.29, 1.82) is 5.26 Å². The van der Waals surface area contributed by atoms with Gasteiger partial charge in [-0.2, -0.15) is 23.4 Å². The van der Waals surface area contributed by atoms with Crippen LogP contribution in [0.2, 0.25) is 0 Å². The highest BCUT2D eigenvalue weighted by Gasteiger charge is 2.32. The molecule has 3 fully saturated rings. The van der Waals surface area contributed by atoms with Crippen molar-refractivity contribution in [2.24, 2.45) is 13.0 Å². The van der Waals surface area contributed by atoms with Crippen molar-refractivity contribution in [3.05, 3.63) is 65.5 Å². The van der Waals surface area contributed by atoms with Crippen LogP contribution in [0.5, 0.6) is 5.75 Å². The van der Waals surface area contributed by atoms with E-state index >= 15 is 0 Å². The van der Waals surface area contributed by atoms with Gasteiger partial charge < -0.3 is 19.7 Å². The molecule has 3 aliphatic heterocycles. The Morgan fingerprint density at radius 2 is 1.76 bits per heavy atom. The number of nitriles is 1. The molecule has 0 spiro atoms. The summed E-state index contributed by atoms with van der Waals surface area (Å²) in [4.78, 5) is 36.4. The minimum absolute atomic E-state index is 0.114. The number of benzene rings is 2. The van der Waals surface area contributed by atoms with Crippen LogP contribution in [0.3, 0.4) is 0 Å². The van der Waals surface area contributed by atoms with E-state index in [1.165, 1.54) is 20.8 Å². The quantitative estimate of drug-likeness (QED) is 0.170. The minimum atomic E-state index is -3.86. The van der Waals surface area contributed by atoms with E-state index in [1.54, 1.807) is 23.9 Å². The van der Waals surface area contributed by atoms with E-state index in [-0.39, 0.29) is 60.5 Å². The molecule has 0 bridgehead atoms. The first-order valence-corrected chi connectivity index (χ1v) is 21.2. The number of hydrogen-bond donors (Lipinski definition) is 2. The number of rotatable bonds is 15. The van der Waals surface area contributed by atoms with E-state index in [9.17, 15) is 32.0 Å². The lowest BCUT2D eigenvalue weighted by Crippen LogP contribution is -2.49. The molecule has 19 heteroatoms. The van der Waals surface area contributed by atoms with Gasteiger partial charge in [0.1, 0.15) is 0 Å². The average molecular weight is 835 g/mol. The number of aryl methyl sites for hydroxylation is 1. The lowest BCUT2D eigenvalue weighted by atomic mass is 9.87. The van der Waals surface area contributed by atoms with Crippen molar-refractivity contribution in [3.8, 4) is 11.8 Å². The molecular formula is C40H48F2N10O6S. The third-order valence-electron chi connectivity index (χ3n) is 11.5. The zero-order valence-corrected chi connectivity index (χ0v) is 33.8. The third kappa shape index (κ3) is 9.78. The Balaban J connectivity index is 0.964. The highest BCUT2D eigenvalue weighted by atomic mass is 32.2. The molecule has 5 heterocycles. The molecule has 16 nitrogen and oxygen atoms in total. The van der Waals surface area contributed by atoms with E-state index in [0.717, 1.165) is 62.2 Å². The normalized spacial score (nSPS) is 18.3. The summed E-state index contributed by atoms with van der Waals surface area (Å²) in [6, 6.07) is 12.7. The van der Waals surface area contributed by atoms with Gasteiger partial charge in [0.2, 0.25) is 21.9 Å². The number of anilines is 2. The fourth-order valence-electron chi connectivity index (χ4n) is 8.28. The summed E-state index contributed by atoms with van der Waals surface area (Å²) in [5, 5.41) is 21.0. The first kappa shape index (κ1) is 41.9. The summed E-state index contributed by atoms with van der Waals surface area (Å²) in [6.07, 6.45) is 6.66. The molecule has 7 rings (SSSR count). The summed E-state index contributed by atoms with van der Waals surface area (Å²) >= 11 is 0. The predicted molar refractivity (Wildman–Crippen MR) is 214 cm³/mol. The van der Waals surface area contributed by atoms with Gasteiger partial charge in [-0.1, -0.05) is 6.07 Å². The summed E-state index contributed by atoms with van der Waals surface area (Å²) < 4.78 is 65.7. The van der Waals surface area contributed by atoms with E-state index in [0.29, 0.717) is 48.7 Å². The Morgan fingerprint density at radius 1 is 1.02 bits per heavy atom. The van der Waals surface area contributed by atoms with Crippen LogP contribution in [0.4, 0.5) is 25.3 Å². The molecule has 3 amide bonds. The molecule has 314 valence electrons. The molecule has 3 aliphatic rings. The summed E-state index contributed by atoms with van der Waals surface area (Å²) in [6.45, 7) is 0.874. The van der Waals surface area contributed by atoms with Crippen molar-refractivity contribution >= 4 is 44.6 Å². The van der Waals surface area contributed by atoms with Gasteiger partial charge in [-0.15, -0.1) is 0 Å². The predicted octanol–water partition coefficient (Wildman–Crippen LogP) is 4.62. The Morgan fingerprint density at radius 3 is 2.44 bits per heavy atom. The number of aromatic nitrogens is 4. The van der Waals surface area contributed by atoms with Gasteiger partial charge in [0.05, 0.1) is 34.4 Å². The maximum Gasteiger partial charge on any atom is 0.387 e. The Labute approximate surface area is 341 Å². The number of urea groups is 1. The molecule has 3 saturated heterocycles. The van der Waals surface area contributed by atoms with Crippen LogP contribution in [0, 0.1) is 17.2 Å².